The van der Waals surface area contributed by atoms with Gasteiger partial charge in [-0.25, -0.2) is 9.59 Å². The first-order chi connectivity index (χ1) is 16.0. The zero-order valence-electron chi connectivity index (χ0n) is 18.0. The minimum atomic E-state index is -1.07. The van der Waals surface area contributed by atoms with Gasteiger partial charge in [0.2, 0.25) is 0 Å². The van der Waals surface area contributed by atoms with Crippen LogP contribution in [0.4, 0.5) is 4.79 Å². The molecule has 0 aliphatic carbocycles. The molecule has 0 saturated heterocycles. The highest BCUT2D eigenvalue weighted by Gasteiger charge is 2.30. The quantitative estimate of drug-likeness (QED) is 0.408. The molecule has 1 aliphatic heterocycles. The van der Waals surface area contributed by atoms with Crippen molar-refractivity contribution in [3.63, 3.8) is 0 Å². The van der Waals surface area contributed by atoms with Crippen LogP contribution in [0.25, 0.3) is 21.8 Å². The third-order valence-electron chi connectivity index (χ3n) is 5.98. The van der Waals surface area contributed by atoms with Gasteiger partial charge in [-0.2, -0.15) is 0 Å². The molecule has 0 spiro atoms. The number of nitrogens with one attached hydrogen (secondary N) is 2. The van der Waals surface area contributed by atoms with Gasteiger partial charge in [0.15, 0.2) is 0 Å². The van der Waals surface area contributed by atoms with Crippen molar-refractivity contribution in [2.45, 2.75) is 19.5 Å². The van der Waals surface area contributed by atoms with Crippen LogP contribution in [0, 0.1) is 0 Å². The van der Waals surface area contributed by atoms with Crippen LogP contribution in [0.15, 0.2) is 84.1 Å². The fourth-order valence-corrected chi connectivity index (χ4v) is 4.48. The summed E-state index contributed by atoms with van der Waals surface area (Å²) in [7, 11) is 0. The monoisotopic (exact) mass is 441 g/mol. The Balaban J connectivity index is 1.33. The van der Waals surface area contributed by atoms with E-state index in [1.54, 1.807) is 31.2 Å². The molecule has 1 atom stereocenters. The van der Waals surface area contributed by atoms with Crippen molar-refractivity contribution >= 4 is 33.8 Å². The van der Waals surface area contributed by atoms with E-state index in [4.69, 9.17) is 4.74 Å². The molecule has 1 unspecified atom stereocenters. The summed E-state index contributed by atoms with van der Waals surface area (Å²) < 4.78 is 8.25. The molecule has 0 bridgehead atoms. The second kappa shape index (κ2) is 8.35. The molecule has 3 aromatic carbocycles. The molecule has 5 rings (SSSR count). The van der Waals surface area contributed by atoms with Gasteiger partial charge in [0.1, 0.15) is 12.4 Å². The SMILES string of the molecule is CC1=C(C(=O)O)C(c2ccc(OCCn3c4ccccc4c4ccccc43)cc2)NC(=O)N1. The zero-order valence-corrected chi connectivity index (χ0v) is 18.0. The number of hydrogen-bond donors (Lipinski definition) is 3. The molecule has 0 radical (unpaired) electrons. The number of benzene rings is 3. The Bertz CT molecular complexity index is 1350. The third kappa shape index (κ3) is 3.78. The lowest BCUT2D eigenvalue weighted by Gasteiger charge is -2.27. The van der Waals surface area contributed by atoms with Crippen LogP contribution < -0.4 is 15.4 Å². The molecular weight excluding hydrogens is 418 g/mol. The molecule has 3 N–H and O–H groups in total. The van der Waals surface area contributed by atoms with Gasteiger partial charge >= 0.3 is 12.0 Å². The minimum absolute atomic E-state index is 0.120. The highest BCUT2D eigenvalue weighted by molar-refractivity contribution is 6.07. The molecule has 1 aliphatic rings. The fourth-order valence-electron chi connectivity index (χ4n) is 4.48. The highest BCUT2D eigenvalue weighted by Crippen LogP contribution is 2.30. The lowest BCUT2D eigenvalue weighted by molar-refractivity contribution is -0.133. The van der Waals surface area contributed by atoms with E-state index in [0.717, 1.165) is 0 Å². The molecule has 0 saturated carbocycles. The maximum atomic E-state index is 11.9. The van der Waals surface area contributed by atoms with Crippen LogP contribution in [0.3, 0.4) is 0 Å². The number of urea groups is 1. The van der Waals surface area contributed by atoms with E-state index in [-0.39, 0.29) is 5.57 Å². The van der Waals surface area contributed by atoms with E-state index >= 15 is 0 Å². The van der Waals surface area contributed by atoms with Crippen LogP contribution in [-0.2, 0) is 11.3 Å². The summed E-state index contributed by atoms with van der Waals surface area (Å²) in [5, 5.41) is 17.2. The lowest BCUT2D eigenvalue weighted by Crippen LogP contribution is -2.45. The average molecular weight is 441 g/mol. The number of carbonyl (C=O) groups is 2. The average Bonchev–Trinajstić information content (AvgIpc) is 3.13. The summed E-state index contributed by atoms with van der Waals surface area (Å²) in [6.07, 6.45) is 0. The van der Waals surface area contributed by atoms with E-state index in [1.807, 2.05) is 12.1 Å². The van der Waals surface area contributed by atoms with Crippen LogP contribution in [-0.4, -0.2) is 28.3 Å². The Labute approximate surface area is 190 Å². The van der Waals surface area contributed by atoms with Crippen molar-refractivity contribution < 1.29 is 19.4 Å². The van der Waals surface area contributed by atoms with E-state index in [2.05, 4.69) is 51.6 Å². The number of aromatic nitrogens is 1. The normalized spacial score (nSPS) is 16.0. The van der Waals surface area contributed by atoms with Gasteiger partial charge < -0.3 is 25.0 Å². The lowest BCUT2D eigenvalue weighted by atomic mass is 9.95. The number of aliphatic carboxylic acids is 1. The van der Waals surface area contributed by atoms with Crippen molar-refractivity contribution in [3.05, 3.63) is 89.6 Å². The Hall–Kier alpha value is -4.26. The first-order valence-corrected chi connectivity index (χ1v) is 10.7. The maximum absolute atomic E-state index is 11.9. The molecule has 33 heavy (non-hydrogen) atoms. The Kier molecular flexibility index (Phi) is 5.22. The number of nitrogens with zero attached hydrogens (tertiary/aromatic N) is 1. The smallest absolute Gasteiger partial charge is 0.335 e. The topological polar surface area (TPSA) is 92.6 Å². The molecule has 2 heterocycles. The number of carboxylic acids is 1. The summed E-state index contributed by atoms with van der Waals surface area (Å²) in [4.78, 5) is 23.5. The van der Waals surface area contributed by atoms with E-state index in [9.17, 15) is 14.7 Å². The van der Waals surface area contributed by atoms with Gasteiger partial charge in [0.05, 0.1) is 18.2 Å². The van der Waals surface area contributed by atoms with Crippen LogP contribution in [0.5, 0.6) is 5.75 Å². The number of ether oxygens (including phenoxy) is 1. The van der Waals surface area contributed by atoms with Crippen LogP contribution in [0.1, 0.15) is 18.5 Å². The third-order valence-corrected chi connectivity index (χ3v) is 5.98. The number of carboxylic acid groups (broad SMARTS) is 1. The van der Waals surface area contributed by atoms with Gasteiger partial charge in [0.25, 0.3) is 0 Å². The number of carbonyl (C=O) groups excluding carboxylic acids is 1. The molecule has 7 nitrogen and oxygen atoms in total. The highest BCUT2D eigenvalue weighted by atomic mass is 16.5. The molecule has 2 amide bonds. The largest absolute Gasteiger partial charge is 0.492 e. The van der Waals surface area contributed by atoms with Crippen molar-refractivity contribution in [2.75, 3.05) is 6.61 Å². The standard InChI is InChI=1S/C26H23N3O4/c1-16-23(25(30)31)24(28-26(32)27-16)17-10-12-18(13-11-17)33-15-14-29-21-8-4-2-6-19(21)20-7-3-5-9-22(20)29/h2-13,24H,14-15H2,1H3,(H,30,31)(H2,27,28,32). The van der Waals surface area contributed by atoms with Crippen LogP contribution in [0.2, 0.25) is 0 Å². The predicted molar refractivity (Wildman–Crippen MR) is 126 cm³/mol. The molecule has 1 aromatic heterocycles. The predicted octanol–water partition coefficient (Wildman–Crippen LogP) is 4.59. The van der Waals surface area contributed by atoms with Gasteiger partial charge in [-0.3, -0.25) is 0 Å². The number of allylic oxidation sites excluding steroid dienone is 1. The first kappa shape index (κ1) is 20.6. The molecule has 7 heteroatoms. The van der Waals surface area contributed by atoms with Crippen molar-refractivity contribution in [1.29, 1.82) is 0 Å². The Morgan fingerprint density at radius 2 is 1.58 bits per heavy atom. The van der Waals surface area contributed by atoms with Gasteiger partial charge in [-0.1, -0.05) is 48.5 Å². The number of fused-ring (bicyclic) bond motifs is 3. The molecular formula is C26H23N3O4. The summed E-state index contributed by atoms with van der Waals surface area (Å²) in [6.45, 7) is 2.75. The fraction of sp³-hybridized carbons (Fsp3) is 0.154. The number of rotatable bonds is 6. The second-order valence-electron chi connectivity index (χ2n) is 7.98. The van der Waals surface area contributed by atoms with E-state index < -0.39 is 18.0 Å². The Morgan fingerprint density at radius 3 is 2.18 bits per heavy atom. The van der Waals surface area contributed by atoms with Gasteiger partial charge in [-0.05, 0) is 36.8 Å². The first-order valence-electron chi connectivity index (χ1n) is 10.7. The zero-order chi connectivity index (χ0) is 22.9. The summed E-state index contributed by atoms with van der Waals surface area (Å²) in [5.41, 5.74) is 3.47. The summed E-state index contributed by atoms with van der Waals surface area (Å²) in [6, 6.07) is 22.7. The number of hydrogen-bond acceptors (Lipinski definition) is 3. The van der Waals surface area contributed by atoms with Gasteiger partial charge in [-0.15, -0.1) is 0 Å². The van der Waals surface area contributed by atoms with Crippen molar-refractivity contribution in [2.24, 2.45) is 0 Å². The van der Waals surface area contributed by atoms with Gasteiger partial charge in [0, 0.05) is 27.5 Å². The summed E-state index contributed by atoms with van der Waals surface area (Å²) in [5.74, 6) is -0.395. The Morgan fingerprint density at radius 1 is 0.970 bits per heavy atom. The van der Waals surface area contributed by atoms with Crippen molar-refractivity contribution in [3.8, 4) is 5.75 Å². The molecule has 4 aromatic rings. The van der Waals surface area contributed by atoms with E-state index in [1.165, 1.54) is 21.8 Å². The van der Waals surface area contributed by atoms with Crippen molar-refractivity contribution in [1.82, 2.24) is 15.2 Å². The number of amides is 2. The maximum Gasteiger partial charge on any atom is 0.335 e. The molecule has 0 fully saturated rings. The van der Waals surface area contributed by atoms with E-state index in [0.29, 0.717) is 30.2 Å². The number of para-hydroxylation sites is 2. The summed E-state index contributed by atoms with van der Waals surface area (Å²) >= 11 is 0. The second-order valence-corrected chi connectivity index (χ2v) is 7.98. The van der Waals surface area contributed by atoms with Crippen LogP contribution >= 0.6 is 0 Å². The molecule has 166 valence electrons. The minimum Gasteiger partial charge on any atom is -0.492 e.